The first-order valence-corrected chi connectivity index (χ1v) is 8.90. The highest BCUT2D eigenvalue weighted by Gasteiger charge is 2.25. The van der Waals surface area contributed by atoms with Crippen molar-refractivity contribution in [1.29, 1.82) is 0 Å². The molecule has 126 valence electrons. The van der Waals surface area contributed by atoms with Crippen LogP contribution in [0, 0.1) is 0 Å². The lowest BCUT2D eigenvalue weighted by Crippen LogP contribution is -2.30. The quantitative estimate of drug-likeness (QED) is 0.731. The van der Waals surface area contributed by atoms with Crippen LogP contribution < -0.4 is 5.32 Å². The summed E-state index contributed by atoms with van der Waals surface area (Å²) in [6.45, 7) is 0.382. The minimum Gasteiger partial charge on any atom is -0.337 e. The molecule has 2 aromatic heterocycles. The molecule has 6 nitrogen and oxygen atoms in total. The van der Waals surface area contributed by atoms with Gasteiger partial charge in [0.1, 0.15) is 12.2 Å². The highest BCUT2D eigenvalue weighted by molar-refractivity contribution is 7.98. The van der Waals surface area contributed by atoms with E-state index in [0.717, 1.165) is 16.2 Å². The van der Waals surface area contributed by atoms with Crippen LogP contribution in [0.1, 0.15) is 16.1 Å². The predicted octanol–water partition coefficient (Wildman–Crippen LogP) is 2.16. The van der Waals surface area contributed by atoms with Gasteiger partial charge in [0, 0.05) is 23.0 Å². The molecule has 7 heteroatoms. The number of carbonyl (C=O) groups excluding carboxylic acids is 2. The normalized spacial score (nSPS) is 14.1. The number of amides is 2. The Kier molecular flexibility index (Phi) is 4.15. The standard InChI is InChI=1S/C18H16N4O2S/c23-17-10-22(12-19-17)18(24)14-5-1-2-6-15(14)25-11-13-9-21-8-4-3-7-16(21)20-13/h1-9H,10-12H2,(H,19,23). The lowest BCUT2D eigenvalue weighted by atomic mass is 10.2. The van der Waals surface area contributed by atoms with Crippen molar-refractivity contribution in [3.63, 3.8) is 0 Å². The summed E-state index contributed by atoms with van der Waals surface area (Å²) in [5.41, 5.74) is 2.48. The summed E-state index contributed by atoms with van der Waals surface area (Å²) in [5.74, 6) is 0.419. The van der Waals surface area contributed by atoms with E-state index in [1.54, 1.807) is 17.8 Å². The summed E-state index contributed by atoms with van der Waals surface area (Å²) in [6, 6.07) is 13.4. The van der Waals surface area contributed by atoms with Gasteiger partial charge in [0.15, 0.2) is 0 Å². The Balaban J connectivity index is 1.52. The average molecular weight is 352 g/mol. The van der Waals surface area contributed by atoms with Crippen LogP contribution in [-0.4, -0.2) is 39.3 Å². The fourth-order valence-corrected chi connectivity index (χ4v) is 3.69. The first-order chi connectivity index (χ1) is 12.2. The molecule has 0 bridgehead atoms. The van der Waals surface area contributed by atoms with Gasteiger partial charge in [-0.1, -0.05) is 18.2 Å². The summed E-state index contributed by atoms with van der Waals surface area (Å²) in [4.78, 5) is 31.0. The van der Waals surface area contributed by atoms with Crippen LogP contribution in [0.15, 0.2) is 59.8 Å². The number of rotatable bonds is 4. The number of imidazole rings is 1. The Labute approximate surface area is 148 Å². The monoisotopic (exact) mass is 352 g/mol. The molecule has 1 aliphatic heterocycles. The fraction of sp³-hybridized carbons (Fsp3) is 0.167. The van der Waals surface area contributed by atoms with Crippen LogP contribution in [0.5, 0.6) is 0 Å². The summed E-state index contributed by atoms with van der Waals surface area (Å²) < 4.78 is 1.98. The van der Waals surface area contributed by atoms with Crippen LogP contribution in [0.25, 0.3) is 5.65 Å². The highest BCUT2D eigenvalue weighted by Crippen LogP contribution is 2.27. The number of hydrogen-bond acceptors (Lipinski definition) is 4. The maximum absolute atomic E-state index is 12.7. The first kappa shape index (κ1) is 15.7. The number of fused-ring (bicyclic) bond motifs is 1. The van der Waals surface area contributed by atoms with E-state index in [1.165, 1.54) is 4.90 Å². The van der Waals surface area contributed by atoms with Crippen LogP contribution in [0.2, 0.25) is 0 Å². The fourth-order valence-electron chi connectivity index (χ4n) is 2.76. The Morgan fingerprint density at radius 1 is 1.20 bits per heavy atom. The SMILES string of the molecule is O=C1CN(C(=O)c2ccccc2SCc2cn3ccccc3n2)CN1. The van der Waals surface area contributed by atoms with E-state index < -0.39 is 0 Å². The number of hydrogen-bond donors (Lipinski definition) is 1. The van der Waals surface area contributed by atoms with Gasteiger partial charge in [0.05, 0.1) is 17.9 Å². The van der Waals surface area contributed by atoms with E-state index in [9.17, 15) is 9.59 Å². The lowest BCUT2D eigenvalue weighted by Gasteiger charge is -2.15. The van der Waals surface area contributed by atoms with Gasteiger partial charge < -0.3 is 14.6 Å². The topological polar surface area (TPSA) is 66.7 Å². The third-order valence-corrected chi connectivity index (χ3v) is 5.10. The second kappa shape index (κ2) is 6.60. The van der Waals surface area contributed by atoms with Gasteiger partial charge in [-0.25, -0.2) is 4.98 Å². The summed E-state index contributed by atoms with van der Waals surface area (Å²) in [7, 11) is 0. The van der Waals surface area contributed by atoms with Gasteiger partial charge in [-0.15, -0.1) is 11.8 Å². The second-order valence-electron chi connectivity index (χ2n) is 5.74. The van der Waals surface area contributed by atoms with Gasteiger partial charge in [0.25, 0.3) is 5.91 Å². The van der Waals surface area contributed by atoms with E-state index in [4.69, 9.17) is 0 Å². The van der Waals surface area contributed by atoms with E-state index in [-0.39, 0.29) is 25.0 Å². The summed E-state index contributed by atoms with van der Waals surface area (Å²) in [6.07, 6.45) is 3.96. The minimum absolute atomic E-state index is 0.115. The molecule has 2 amide bonds. The number of carbonyl (C=O) groups is 2. The molecule has 1 aromatic carbocycles. The molecule has 1 saturated heterocycles. The Bertz CT molecular complexity index is 920. The molecule has 1 aliphatic rings. The van der Waals surface area contributed by atoms with Crippen LogP contribution in [0.3, 0.4) is 0 Å². The maximum atomic E-state index is 12.7. The minimum atomic E-state index is -0.128. The lowest BCUT2D eigenvalue weighted by molar-refractivity contribution is -0.118. The number of nitrogens with one attached hydrogen (secondary N) is 1. The van der Waals surface area contributed by atoms with Gasteiger partial charge in [0.2, 0.25) is 5.91 Å². The van der Waals surface area contributed by atoms with Crippen molar-refractivity contribution in [2.75, 3.05) is 13.2 Å². The Morgan fingerprint density at radius 2 is 2.04 bits per heavy atom. The molecule has 25 heavy (non-hydrogen) atoms. The molecule has 0 radical (unpaired) electrons. The van der Waals surface area contributed by atoms with Crippen LogP contribution in [-0.2, 0) is 10.5 Å². The molecule has 4 rings (SSSR count). The molecule has 1 N–H and O–H groups in total. The molecule has 0 aliphatic carbocycles. The molecule has 1 fully saturated rings. The number of thioether (sulfide) groups is 1. The zero-order chi connectivity index (χ0) is 17.2. The second-order valence-corrected chi connectivity index (χ2v) is 6.76. The van der Waals surface area contributed by atoms with Crippen LogP contribution in [0.4, 0.5) is 0 Å². The number of pyridine rings is 1. The van der Waals surface area contributed by atoms with Crippen molar-refractivity contribution in [2.45, 2.75) is 10.6 Å². The largest absolute Gasteiger partial charge is 0.337 e. The average Bonchev–Trinajstić information content (AvgIpc) is 3.25. The van der Waals surface area contributed by atoms with Crippen molar-refractivity contribution < 1.29 is 9.59 Å². The predicted molar refractivity (Wildman–Crippen MR) is 95.2 cm³/mol. The Morgan fingerprint density at radius 3 is 2.84 bits per heavy atom. The van der Waals surface area contributed by atoms with Gasteiger partial charge in [-0.3, -0.25) is 9.59 Å². The van der Waals surface area contributed by atoms with Gasteiger partial charge in [-0.05, 0) is 24.3 Å². The zero-order valence-electron chi connectivity index (χ0n) is 13.4. The van der Waals surface area contributed by atoms with Crippen LogP contribution >= 0.6 is 11.8 Å². The maximum Gasteiger partial charge on any atom is 0.256 e. The third-order valence-electron chi connectivity index (χ3n) is 4.00. The highest BCUT2D eigenvalue weighted by atomic mass is 32.2. The van der Waals surface area contributed by atoms with Crippen molar-refractivity contribution in [2.24, 2.45) is 0 Å². The van der Waals surface area contributed by atoms with E-state index in [0.29, 0.717) is 11.3 Å². The molecule has 0 unspecified atom stereocenters. The molecule has 0 saturated carbocycles. The molecule has 3 heterocycles. The first-order valence-electron chi connectivity index (χ1n) is 7.91. The van der Waals surface area contributed by atoms with Gasteiger partial charge >= 0.3 is 0 Å². The summed E-state index contributed by atoms with van der Waals surface area (Å²) >= 11 is 1.57. The third kappa shape index (κ3) is 3.23. The zero-order valence-corrected chi connectivity index (χ0v) is 14.2. The van der Waals surface area contributed by atoms with Crippen molar-refractivity contribution in [1.82, 2.24) is 19.6 Å². The smallest absolute Gasteiger partial charge is 0.256 e. The number of aromatic nitrogens is 2. The van der Waals surface area contributed by atoms with Gasteiger partial charge in [-0.2, -0.15) is 0 Å². The molecule has 3 aromatic rings. The number of nitrogens with zero attached hydrogens (tertiary/aromatic N) is 3. The summed E-state index contributed by atoms with van der Waals surface area (Å²) in [5, 5.41) is 2.66. The van der Waals surface area contributed by atoms with E-state index in [2.05, 4.69) is 10.3 Å². The van der Waals surface area contributed by atoms with Crippen molar-refractivity contribution in [3.8, 4) is 0 Å². The van der Waals surface area contributed by atoms with Crippen molar-refractivity contribution in [3.05, 3.63) is 66.1 Å². The molecular weight excluding hydrogens is 336 g/mol. The molecule has 0 atom stereocenters. The van der Waals surface area contributed by atoms with E-state index >= 15 is 0 Å². The molecule has 0 spiro atoms. The van der Waals surface area contributed by atoms with E-state index in [1.807, 2.05) is 53.2 Å². The number of benzene rings is 1. The van der Waals surface area contributed by atoms with Crippen molar-refractivity contribution >= 4 is 29.2 Å². The molecular formula is C18H16N4O2S. The Hall–Kier alpha value is -2.80.